The second-order valence-corrected chi connectivity index (χ2v) is 9.45. The molecule has 0 amide bonds. The summed E-state index contributed by atoms with van der Waals surface area (Å²) in [6, 6.07) is 22.9. The number of hydrogen-bond acceptors (Lipinski definition) is 5. The highest BCUT2D eigenvalue weighted by Crippen LogP contribution is 2.25. The fraction of sp³-hybridized carbons (Fsp3) is 0.0690. The molecule has 5 nitrogen and oxygen atoms in total. The number of fused-ring (bicyclic) bond motifs is 2. The lowest BCUT2D eigenvalue weighted by molar-refractivity contribution is 0.306. The van der Waals surface area contributed by atoms with E-state index in [0.29, 0.717) is 12.1 Å². The number of aryl methyl sites for hydroxylation is 1. The first kappa shape index (κ1) is 22.1. The molecule has 0 bridgehead atoms. The molecule has 0 aliphatic rings. The Kier molecular flexibility index (Phi) is 5.75. The summed E-state index contributed by atoms with van der Waals surface area (Å²) in [6.45, 7) is 2.45. The number of thiazole rings is 1. The Labute approximate surface area is 211 Å². The predicted octanol–water partition coefficient (Wildman–Crippen LogP) is 7.23. The molecular weight excluding hydrogens is 471 g/mol. The summed E-state index contributed by atoms with van der Waals surface area (Å²) in [5, 5.41) is 0.842. The van der Waals surface area contributed by atoms with E-state index < -0.39 is 0 Å². The largest absolute Gasteiger partial charge is 0.489 e. The van der Waals surface area contributed by atoms with Crippen molar-refractivity contribution in [1.82, 2.24) is 19.5 Å². The van der Waals surface area contributed by atoms with Gasteiger partial charge in [-0.25, -0.2) is 14.4 Å². The summed E-state index contributed by atoms with van der Waals surface area (Å²) in [7, 11) is 0. The number of benzene rings is 3. The molecule has 0 radical (unpaired) electrons. The van der Waals surface area contributed by atoms with Gasteiger partial charge in [-0.05, 0) is 72.7 Å². The molecule has 176 valence electrons. The minimum atomic E-state index is -0.270. The van der Waals surface area contributed by atoms with Crippen molar-refractivity contribution >= 4 is 44.7 Å². The highest BCUT2D eigenvalue weighted by Gasteiger charge is 2.09. The molecule has 6 rings (SSSR count). The lowest BCUT2D eigenvalue weighted by Gasteiger charge is -2.10. The van der Waals surface area contributed by atoms with Gasteiger partial charge in [-0.1, -0.05) is 24.3 Å². The normalized spacial score (nSPS) is 11.6. The van der Waals surface area contributed by atoms with E-state index in [-0.39, 0.29) is 5.82 Å². The molecule has 7 heteroatoms. The van der Waals surface area contributed by atoms with Crippen molar-refractivity contribution in [3.8, 4) is 11.4 Å². The second-order valence-electron chi connectivity index (χ2n) is 8.38. The minimum absolute atomic E-state index is 0.270. The standard InChI is InChI=1S/C29H21FN4OS/c1-19-32-26-17-31-14-13-27(26)34(19)23-7-9-24(10-8-23)35-18-21-4-2-3-20(15-21)5-12-29-33-25-16-22(30)6-11-28(25)36-29/h2-17H,18H2,1H3/b12-5-. The Balaban J connectivity index is 1.14. The van der Waals surface area contributed by atoms with Gasteiger partial charge < -0.3 is 4.74 Å². The van der Waals surface area contributed by atoms with E-state index in [1.807, 2.05) is 67.6 Å². The van der Waals surface area contributed by atoms with Gasteiger partial charge in [0.05, 0.1) is 21.9 Å². The fourth-order valence-electron chi connectivity index (χ4n) is 4.18. The third-order valence-electron chi connectivity index (χ3n) is 5.86. The Morgan fingerprint density at radius 1 is 0.944 bits per heavy atom. The van der Waals surface area contributed by atoms with Gasteiger partial charge >= 0.3 is 0 Å². The van der Waals surface area contributed by atoms with Crippen LogP contribution in [-0.2, 0) is 6.61 Å². The van der Waals surface area contributed by atoms with Crippen molar-refractivity contribution in [3.63, 3.8) is 0 Å². The van der Waals surface area contributed by atoms with Crippen LogP contribution in [0.25, 0.3) is 39.1 Å². The van der Waals surface area contributed by atoms with Gasteiger partial charge in [0.2, 0.25) is 0 Å². The van der Waals surface area contributed by atoms with Crippen LogP contribution in [0.2, 0.25) is 0 Å². The van der Waals surface area contributed by atoms with Crippen molar-refractivity contribution in [2.24, 2.45) is 0 Å². The predicted molar refractivity (Wildman–Crippen MR) is 143 cm³/mol. The van der Waals surface area contributed by atoms with Gasteiger partial charge in [0, 0.05) is 18.0 Å². The maximum atomic E-state index is 13.4. The number of halogens is 1. The van der Waals surface area contributed by atoms with E-state index >= 15 is 0 Å². The number of imidazole rings is 1. The van der Waals surface area contributed by atoms with Crippen LogP contribution in [0.5, 0.6) is 5.75 Å². The molecule has 0 spiro atoms. The van der Waals surface area contributed by atoms with E-state index in [1.54, 1.807) is 29.8 Å². The number of nitrogens with zero attached hydrogens (tertiary/aromatic N) is 4. The van der Waals surface area contributed by atoms with Crippen molar-refractivity contribution in [1.29, 1.82) is 0 Å². The summed E-state index contributed by atoms with van der Waals surface area (Å²) in [6.07, 6.45) is 7.53. The molecule has 6 aromatic rings. The van der Waals surface area contributed by atoms with Gasteiger partial charge in [-0.15, -0.1) is 11.3 Å². The van der Waals surface area contributed by atoms with E-state index in [1.165, 1.54) is 12.1 Å². The molecule has 36 heavy (non-hydrogen) atoms. The average molecular weight is 493 g/mol. The molecule has 0 fully saturated rings. The number of ether oxygens (including phenoxy) is 1. The molecule has 0 N–H and O–H groups in total. The minimum Gasteiger partial charge on any atom is -0.489 e. The molecule has 3 aromatic carbocycles. The maximum Gasteiger partial charge on any atom is 0.125 e. The van der Waals surface area contributed by atoms with Gasteiger partial charge in [-0.2, -0.15) is 0 Å². The van der Waals surface area contributed by atoms with Gasteiger partial charge in [-0.3, -0.25) is 9.55 Å². The first-order chi connectivity index (χ1) is 17.6. The average Bonchev–Trinajstić information content (AvgIpc) is 3.46. The number of pyridine rings is 1. The Hall–Kier alpha value is -4.36. The summed E-state index contributed by atoms with van der Waals surface area (Å²) >= 11 is 1.54. The van der Waals surface area contributed by atoms with Crippen molar-refractivity contribution < 1.29 is 9.13 Å². The van der Waals surface area contributed by atoms with E-state index in [4.69, 9.17) is 4.74 Å². The Morgan fingerprint density at radius 3 is 2.72 bits per heavy atom. The van der Waals surface area contributed by atoms with Crippen LogP contribution in [0.3, 0.4) is 0 Å². The number of rotatable bonds is 6. The van der Waals surface area contributed by atoms with Crippen LogP contribution in [-0.4, -0.2) is 19.5 Å². The van der Waals surface area contributed by atoms with Crippen molar-refractivity contribution in [2.45, 2.75) is 13.5 Å². The molecule has 0 aliphatic carbocycles. The van der Waals surface area contributed by atoms with E-state index in [2.05, 4.69) is 25.6 Å². The molecule has 0 saturated carbocycles. The number of hydrogen-bond donors (Lipinski definition) is 0. The third kappa shape index (κ3) is 4.48. The van der Waals surface area contributed by atoms with E-state index in [0.717, 1.165) is 49.1 Å². The van der Waals surface area contributed by atoms with Crippen LogP contribution >= 0.6 is 11.3 Å². The van der Waals surface area contributed by atoms with Crippen LogP contribution in [0, 0.1) is 12.7 Å². The Bertz CT molecular complexity index is 1720. The van der Waals surface area contributed by atoms with Gasteiger partial charge in [0.25, 0.3) is 0 Å². The quantitative estimate of drug-likeness (QED) is 0.246. The van der Waals surface area contributed by atoms with E-state index in [9.17, 15) is 4.39 Å². The van der Waals surface area contributed by atoms with Crippen LogP contribution in [0.15, 0.2) is 85.2 Å². The maximum absolute atomic E-state index is 13.4. The van der Waals surface area contributed by atoms with Crippen LogP contribution < -0.4 is 4.74 Å². The van der Waals surface area contributed by atoms with Crippen molar-refractivity contribution in [2.75, 3.05) is 0 Å². The van der Waals surface area contributed by atoms with Crippen molar-refractivity contribution in [3.05, 3.63) is 113 Å². The first-order valence-corrected chi connectivity index (χ1v) is 12.3. The molecular formula is C29H21FN4OS. The zero-order valence-corrected chi connectivity index (χ0v) is 20.2. The summed E-state index contributed by atoms with van der Waals surface area (Å²) in [4.78, 5) is 13.2. The second kappa shape index (κ2) is 9.36. The molecule has 3 aromatic heterocycles. The van der Waals surface area contributed by atoms with Gasteiger partial charge in [0.1, 0.15) is 34.5 Å². The molecule has 0 atom stereocenters. The van der Waals surface area contributed by atoms with Gasteiger partial charge in [0.15, 0.2) is 0 Å². The third-order valence-corrected chi connectivity index (χ3v) is 6.86. The molecule has 0 unspecified atom stereocenters. The smallest absolute Gasteiger partial charge is 0.125 e. The van der Waals surface area contributed by atoms with Crippen LogP contribution in [0.1, 0.15) is 22.0 Å². The molecule has 0 saturated heterocycles. The summed E-state index contributed by atoms with van der Waals surface area (Å²) in [5.41, 5.74) is 5.73. The zero-order valence-electron chi connectivity index (χ0n) is 19.4. The lowest BCUT2D eigenvalue weighted by atomic mass is 10.1. The highest BCUT2D eigenvalue weighted by atomic mass is 32.1. The number of aromatic nitrogens is 4. The first-order valence-electron chi connectivity index (χ1n) is 11.5. The topological polar surface area (TPSA) is 52.8 Å². The molecule has 0 aliphatic heterocycles. The summed E-state index contributed by atoms with van der Waals surface area (Å²) in [5.74, 6) is 1.44. The zero-order chi connectivity index (χ0) is 24.5. The lowest BCUT2D eigenvalue weighted by Crippen LogP contribution is -1.98. The monoisotopic (exact) mass is 492 g/mol. The summed E-state index contributed by atoms with van der Waals surface area (Å²) < 4.78 is 22.5. The van der Waals surface area contributed by atoms with Crippen LogP contribution in [0.4, 0.5) is 4.39 Å². The fourth-order valence-corrected chi connectivity index (χ4v) is 5.03. The SMILES string of the molecule is Cc1nc2cnccc2n1-c1ccc(OCc2cccc(/C=C\c3nc4cc(F)ccc4s3)c2)cc1. The highest BCUT2D eigenvalue weighted by molar-refractivity contribution is 7.19. The molecule has 3 heterocycles. The Morgan fingerprint density at radius 2 is 1.83 bits per heavy atom.